The van der Waals surface area contributed by atoms with E-state index in [2.05, 4.69) is 5.92 Å². The van der Waals surface area contributed by atoms with Crippen molar-refractivity contribution in [3.05, 3.63) is 24.3 Å². The van der Waals surface area contributed by atoms with Gasteiger partial charge in [0.15, 0.2) is 5.60 Å². The summed E-state index contributed by atoms with van der Waals surface area (Å²) >= 11 is 0. The van der Waals surface area contributed by atoms with Crippen LogP contribution in [0.5, 0.6) is 0 Å². The van der Waals surface area contributed by atoms with E-state index < -0.39 is 18.7 Å². The molecule has 2 rings (SSSR count). The molecule has 0 N–H and O–H groups in total. The first-order chi connectivity index (χ1) is 8.87. The van der Waals surface area contributed by atoms with Crippen molar-refractivity contribution in [1.29, 1.82) is 0 Å². The Morgan fingerprint density at radius 3 is 2.16 bits per heavy atom. The van der Waals surface area contributed by atoms with Gasteiger partial charge in [-0.3, -0.25) is 4.79 Å². The average molecular weight is 278 g/mol. The van der Waals surface area contributed by atoms with Gasteiger partial charge in [0.25, 0.3) is 0 Å². The lowest BCUT2D eigenvalue weighted by atomic mass is 10.1. The number of allylic oxidation sites excluding steroid dienone is 4. The molecule has 2 atom stereocenters. The summed E-state index contributed by atoms with van der Waals surface area (Å²) in [4.78, 5) is 12.0. The maximum absolute atomic E-state index is 13.1. The van der Waals surface area contributed by atoms with Crippen molar-refractivity contribution in [1.82, 2.24) is 0 Å². The highest BCUT2D eigenvalue weighted by Crippen LogP contribution is 2.62. The molecule has 2 unspecified atom stereocenters. The van der Waals surface area contributed by atoms with E-state index in [-0.39, 0.29) is 17.5 Å². The van der Waals surface area contributed by atoms with Gasteiger partial charge in [0.05, 0.1) is 0 Å². The van der Waals surface area contributed by atoms with Crippen LogP contribution >= 0.6 is 7.14 Å². The van der Waals surface area contributed by atoms with E-state index in [9.17, 15) is 9.36 Å². The molecule has 0 aliphatic heterocycles. The van der Waals surface area contributed by atoms with Crippen LogP contribution in [0.2, 0.25) is 0 Å². The first kappa shape index (κ1) is 14.2. The van der Waals surface area contributed by atoms with Crippen molar-refractivity contribution in [3.63, 3.8) is 0 Å². The number of rotatable bonds is 5. The van der Waals surface area contributed by atoms with Gasteiger partial charge in [-0.05, 0) is 26.7 Å². The Morgan fingerprint density at radius 2 is 1.84 bits per heavy atom. The van der Waals surface area contributed by atoms with Crippen LogP contribution in [-0.2, 0) is 14.1 Å². The number of terminal acetylenes is 1. The van der Waals surface area contributed by atoms with Gasteiger partial charge in [-0.2, -0.15) is 0 Å². The molecule has 0 bridgehead atoms. The molecule has 102 valence electrons. The molecule has 3 nitrogen and oxygen atoms in total. The van der Waals surface area contributed by atoms with Crippen LogP contribution in [0.15, 0.2) is 24.3 Å². The van der Waals surface area contributed by atoms with E-state index in [0.717, 1.165) is 12.8 Å². The van der Waals surface area contributed by atoms with Crippen LogP contribution in [0.3, 0.4) is 0 Å². The van der Waals surface area contributed by atoms with Gasteiger partial charge in [-0.15, -0.1) is 6.42 Å². The molecule has 0 spiro atoms. The fourth-order valence-corrected chi connectivity index (χ4v) is 5.40. The topological polar surface area (TPSA) is 43.4 Å². The molecule has 0 radical (unpaired) electrons. The molecular weight excluding hydrogens is 259 g/mol. The summed E-state index contributed by atoms with van der Waals surface area (Å²) < 4.78 is 18.3. The van der Waals surface area contributed by atoms with Crippen molar-refractivity contribution in [3.8, 4) is 12.3 Å². The number of hydrogen-bond donors (Lipinski definition) is 0. The Bertz CT molecular complexity index is 498. The SMILES string of the molecule is C#CC(C)(C)OC(=O)CP(=O)(C1C=CC1)C1C=CC1. The van der Waals surface area contributed by atoms with Crippen LogP contribution in [0.25, 0.3) is 0 Å². The third-order valence-electron chi connectivity index (χ3n) is 3.69. The average Bonchev–Trinajstić information content (AvgIpc) is 2.09. The lowest BCUT2D eigenvalue weighted by molar-refractivity contribution is -0.148. The predicted molar refractivity (Wildman–Crippen MR) is 76.6 cm³/mol. The molecular formula is C15H19O3P. The van der Waals surface area contributed by atoms with Crippen LogP contribution in [0.1, 0.15) is 26.7 Å². The second-order valence-corrected chi connectivity index (χ2v) is 8.95. The monoisotopic (exact) mass is 278 g/mol. The molecule has 0 heterocycles. The molecule has 0 aromatic heterocycles. The highest BCUT2D eigenvalue weighted by molar-refractivity contribution is 7.66. The zero-order chi connectivity index (χ0) is 14.1. The molecule has 0 fully saturated rings. The molecule has 0 saturated carbocycles. The Labute approximate surface area is 114 Å². The Morgan fingerprint density at radius 1 is 1.37 bits per heavy atom. The van der Waals surface area contributed by atoms with E-state index in [1.165, 1.54) is 0 Å². The number of esters is 1. The summed E-state index contributed by atoms with van der Waals surface area (Å²) in [6.07, 6.45) is 14.8. The standard InChI is InChI=1S/C15H19O3P/c1-4-15(2,3)18-14(16)11-19(17,12-7-5-8-12)13-9-6-10-13/h1,5-7,9,12-13H,8,10-11H2,2-3H3. The van der Waals surface area contributed by atoms with Crippen molar-refractivity contribution in [2.24, 2.45) is 0 Å². The third kappa shape index (κ3) is 2.85. The second-order valence-electron chi connectivity index (χ2n) is 5.60. The van der Waals surface area contributed by atoms with Gasteiger partial charge in [-0.1, -0.05) is 30.2 Å². The van der Waals surface area contributed by atoms with E-state index in [1.54, 1.807) is 13.8 Å². The van der Waals surface area contributed by atoms with Gasteiger partial charge in [0.1, 0.15) is 13.3 Å². The highest BCUT2D eigenvalue weighted by atomic mass is 31.2. The van der Waals surface area contributed by atoms with Gasteiger partial charge < -0.3 is 9.30 Å². The van der Waals surface area contributed by atoms with Crippen molar-refractivity contribution >= 4 is 13.1 Å². The summed E-state index contributed by atoms with van der Waals surface area (Å²) in [5, 5.41) is 0. The summed E-state index contributed by atoms with van der Waals surface area (Å²) in [7, 11) is -2.60. The number of carbonyl (C=O) groups excluding carboxylic acids is 1. The fraction of sp³-hybridized carbons (Fsp3) is 0.533. The zero-order valence-corrected chi connectivity index (χ0v) is 12.2. The number of carbonyl (C=O) groups is 1. The van der Waals surface area contributed by atoms with Crippen molar-refractivity contribution in [2.75, 3.05) is 6.16 Å². The van der Waals surface area contributed by atoms with Crippen LogP contribution in [-0.4, -0.2) is 29.1 Å². The van der Waals surface area contributed by atoms with Crippen molar-refractivity contribution in [2.45, 2.75) is 43.6 Å². The minimum absolute atomic E-state index is 0.0118. The second kappa shape index (κ2) is 5.02. The molecule has 0 aromatic carbocycles. The van der Waals surface area contributed by atoms with E-state index in [0.29, 0.717) is 0 Å². The fourth-order valence-electron chi connectivity index (χ4n) is 2.19. The van der Waals surface area contributed by atoms with E-state index >= 15 is 0 Å². The lowest BCUT2D eigenvalue weighted by Crippen LogP contribution is -2.32. The maximum atomic E-state index is 13.1. The van der Waals surface area contributed by atoms with Crippen LogP contribution in [0, 0.1) is 12.3 Å². The highest BCUT2D eigenvalue weighted by Gasteiger charge is 2.43. The van der Waals surface area contributed by atoms with Gasteiger partial charge in [0, 0.05) is 11.3 Å². The van der Waals surface area contributed by atoms with Gasteiger partial charge in [-0.25, -0.2) is 0 Å². The molecule has 2 aliphatic carbocycles. The molecule has 19 heavy (non-hydrogen) atoms. The normalized spacial score (nSPS) is 27.6. The zero-order valence-electron chi connectivity index (χ0n) is 11.3. The summed E-state index contributed by atoms with van der Waals surface area (Å²) in [5.41, 5.74) is -0.875. The van der Waals surface area contributed by atoms with Crippen LogP contribution < -0.4 is 0 Å². The largest absolute Gasteiger partial charge is 0.446 e. The first-order valence-corrected chi connectivity index (χ1v) is 8.52. The van der Waals surface area contributed by atoms with E-state index in [4.69, 9.17) is 11.2 Å². The third-order valence-corrected chi connectivity index (χ3v) is 7.45. The molecule has 0 saturated heterocycles. The summed E-state index contributed by atoms with van der Waals surface area (Å²) in [6.45, 7) is 3.31. The summed E-state index contributed by atoms with van der Waals surface area (Å²) in [6, 6.07) is 0. The van der Waals surface area contributed by atoms with Gasteiger partial charge in [0.2, 0.25) is 0 Å². The molecule has 4 heteroatoms. The maximum Gasteiger partial charge on any atom is 0.314 e. The number of ether oxygens (including phenoxy) is 1. The summed E-state index contributed by atoms with van der Waals surface area (Å²) in [5.74, 6) is 1.96. The molecule has 2 aliphatic rings. The van der Waals surface area contributed by atoms with Gasteiger partial charge >= 0.3 is 5.97 Å². The Balaban J connectivity index is 2.07. The first-order valence-electron chi connectivity index (χ1n) is 6.49. The molecule has 0 amide bonds. The van der Waals surface area contributed by atoms with E-state index in [1.807, 2.05) is 24.3 Å². The minimum atomic E-state index is -2.60. The van der Waals surface area contributed by atoms with Crippen molar-refractivity contribution < 1.29 is 14.1 Å². The Kier molecular flexibility index (Phi) is 3.74. The quantitative estimate of drug-likeness (QED) is 0.336. The molecule has 0 aromatic rings. The minimum Gasteiger partial charge on any atom is -0.446 e. The number of hydrogen-bond acceptors (Lipinski definition) is 3. The smallest absolute Gasteiger partial charge is 0.314 e. The predicted octanol–water partition coefficient (Wildman–Crippen LogP) is 2.96. The lowest BCUT2D eigenvalue weighted by Gasteiger charge is -2.36. The van der Waals surface area contributed by atoms with Crippen LogP contribution in [0.4, 0.5) is 0 Å². The Hall–Kier alpha value is -1.26.